The minimum absolute atomic E-state index is 0.00283. The Morgan fingerprint density at radius 1 is 1.02 bits per heavy atom. The van der Waals surface area contributed by atoms with Crippen molar-refractivity contribution in [2.24, 2.45) is 22.9 Å². The van der Waals surface area contributed by atoms with Crippen molar-refractivity contribution in [1.29, 1.82) is 0 Å². The van der Waals surface area contributed by atoms with Gasteiger partial charge in [-0.05, 0) is 116 Å². The normalized spacial score (nSPS) is 25.2. The van der Waals surface area contributed by atoms with E-state index < -0.39 is 29.0 Å². The van der Waals surface area contributed by atoms with Crippen LogP contribution in [0.25, 0.3) is 6.08 Å². The number of carbonyl (C=O) groups excluding carboxylic acids is 2. The minimum atomic E-state index is -1.46. The number of amides is 1. The molecule has 1 saturated carbocycles. The van der Waals surface area contributed by atoms with Crippen molar-refractivity contribution in [3.63, 3.8) is 0 Å². The second kappa shape index (κ2) is 22.5. The summed E-state index contributed by atoms with van der Waals surface area (Å²) < 4.78 is 26.9. The van der Waals surface area contributed by atoms with Crippen molar-refractivity contribution >= 4 is 29.7 Å². The molecule has 7 atom stereocenters. The molecule has 2 N–H and O–H groups in total. The second-order valence-electron chi connectivity index (χ2n) is 17.2. The van der Waals surface area contributed by atoms with Gasteiger partial charge < -0.3 is 38.9 Å². The van der Waals surface area contributed by atoms with Gasteiger partial charge in [0.05, 0.1) is 29.8 Å². The third-order valence-electron chi connectivity index (χ3n) is 12.9. The number of oxime groups is 1. The highest BCUT2D eigenvalue weighted by Crippen LogP contribution is 2.62. The third-order valence-corrected chi connectivity index (χ3v) is 12.9. The number of carbonyl (C=O) groups is 2. The van der Waals surface area contributed by atoms with Crippen molar-refractivity contribution < 1.29 is 48.5 Å². The zero-order chi connectivity index (χ0) is 45.8. The van der Waals surface area contributed by atoms with Crippen LogP contribution in [0.1, 0.15) is 105 Å². The van der Waals surface area contributed by atoms with Gasteiger partial charge in [0.25, 0.3) is 5.69 Å². The lowest BCUT2D eigenvalue weighted by molar-refractivity contribution is -0.384. The molecule has 3 aromatic rings. The molecule has 7 rings (SSSR count). The standard InChI is InChI=1S/C51H61N3O11/c1-3-25-53(47(58)24-19-35-17-20-38(21-18-35)54(59)60)46-33-44(52-65-48-16-7-10-29-61-48)42-31-37(13-5-8-26-55)41(15-6-9-27-56)49-43-32-40(63-39-14-11-12-36(30-39)34-57)22-23-45(43)64-51(46,50(42)49)62-28-4-2/h4,11-12,14,17-24,30-32,34,37,41,46,48-50,55-56H,2-3,5-10,13,15-16,25-29,33H2,1H3/t37-,41+,46-,48?,49+,50+,51+/m0/s1. The predicted octanol–water partition coefficient (Wildman–Crippen LogP) is 9.31. The van der Waals surface area contributed by atoms with Crippen LogP contribution < -0.4 is 9.47 Å². The Balaban J connectivity index is 1.42. The first-order valence-electron chi connectivity index (χ1n) is 23.1. The van der Waals surface area contributed by atoms with Crippen molar-refractivity contribution in [3.05, 3.63) is 124 Å². The number of nitrogens with zero attached hydrogens (tertiary/aromatic N) is 3. The van der Waals surface area contributed by atoms with Crippen LogP contribution >= 0.6 is 0 Å². The first-order chi connectivity index (χ1) is 31.7. The molecule has 1 amide bonds. The van der Waals surface area contributed by atoms with E-state index in [0.717, 1.165) is 55.9 Å². The largest absolute Gasteiger partial charge is 0.459 e. The number of aliphatic hydroxyl groups is 2. The molecule has 0 spiro atoms. The lowest BCUT2D eigenvalue weighted by Crippen LogP contribution is -2.70. The van der Waals surface area contributed by atoms with Crippen LogP contribution in [0.3, 0.4) is 0 Å². The molecule has 2 fully saturated rings. The van der Waals surface area contributed by atoms with Gasteiger partial charge in [-0.1, -0.05) is 49.2 Å². The van der Waals surface area contributed by atoms with Crippen LogP contribution in [-0.4, -0.2) is 89.0 Å². The summed E-state index contributed by atoms with van der Waals surface area (Å²) in [5, 5.41) is 36.2. The monoisotopic (exact) mass is 891 g/mol. The summed E-state index contributed by atoms with van der Waals surface area (Å²) in [6.07, 6.45) is 15.2. The Bertz CT molecular complexity index is 2220. The van der Waals surface area contributed by atoms with E-state index in [1.165, 1.54) is 18.2 Å². The van der Waals surface area contributed by atoms with Gasteiger partial charge in [-0.2, -0.15) is 0 Å². The molecule has 2 heterocycles. The van der Waals surface area contributed by atoms with Gasteiger partial charge in [-0.3, -0.25) is 19.7 Å². The van der Waals surface area contributed by atoms with E-state index in [9.17, 15) is 29.9 Å². The number of allylic oxidation sites excluding steroid dienone is 1. The van der Waals surface area contributed by atoms with Crippen molar-refractivity contribution in [1.82, 2.24) is 4.90 Å². The van der Waals surface area contributed by atoms with Gasteiger partial charge in [0.2, 0.25) is 18.0 Å². The van der Waals surface area contributed by atoms with Crippen molar-refractivity contribution in [3.8, 4) is 17.2 Å². The molecule has 65 heavy (non-hydrogen) atoms. The van der Waals surface area contributed by atoms with Crippen LogP contribution in [0, 0.1) is 27.9 Å². The van der Waals surface area contributed by atoms with Crippen LogP contribution in [0.15, 0.2) is 102 Å². The second-order valence-corrected chi connectivity index (χ2v) is 17.2. The lowest BCUT2D eigenvalue weighted by Gasteiger charge is -2.60. The highest BCUT2D eigenvalue weighted by molar-refractivity contribution is 6.03. The number of hydrogen-bond donors (Lipinski definition) is 2. The van der Waals surface area contributed by atoms with Crippen LogP contribution in [-0.2, 0) is 19.1 Å². The third kappa shape index (κ3) is 10.9. The zero-order valence-corrected chi connectivity index (χ0v) is 37.1. The van der Waals surface area contributed by atoms with Gasteiger partial charge in [0.15, 0.2) is 0 Å². The van der Waals surface area contributed by atoms with Gasteiger partial charge >= 0.3 is 0 Å². The molecule has 0 aromatic heterocycles. The summed E-state index contributed by atoms with van der Waals surface area (Å²) in [5.41, 5.74) is 3.52. The summed E-state index contributed by atoms with van der Waals surface area (Å²) in [4.78, 5) is 45.4. The van der Waals surface area contributed by atoms with Gasteiger partial charge in [0, 0.05) is 67.9 Å². The highest BCUT2D eigenvalue weighted by atomic mass is 16.8. The number of rotatable bonds is 22. The van der Waals surface area contributed by atoms with Crippen molar-refractivity contribution in [2.45, 2.75) is 102 Å². The molecule has 4 aliphatic rings. The number of unbranched alkanes of at least 4 members (excludes halogenated alkanes) is 2. The van der Waals surface area contributed by atoms with Gasteiger partial charge in [0.1, 0.15) is 29.6 Å². The van der Waals surface area contributed by atoms with Crippen LogP contribution in [0.5, 0.6) is 17.2 Å². The minimum Gasteiger partial charge on any atom is -0.459 e. The molecule has 2 aliphatic heterocycles. The van der Waals surface area contributed by atoms with E-state index in [0.29, 0.717) is 72.9 Å². The number of nitro benzene ring substituents is 1. The Morgan fingerprint density at radius 3 is 2.51 bits per heavy atom. The van der Waals surface area contributed by atoms with E-state index in [1.54, 1.807) is 53.5 Å². The highest BCUT2D eigenvalue weighted by Gasteiger charge is 2.65. The fourth-order valence-corrected chi connectivity index (χ4v) is 10.0. The Labute approximate surface area is 380 Å². The van der Waals surface area contributed by atoms with Gasteiger partial charge in [-0.25, -0.2) is 0 Å². The van der Waals surface area contributed by atoms with E-state index in [1.807, 2.05) is 25.1 Å². The molecule has 2 aliphatic carbocycles. The maximum atomic E-state index is 14.8. The Kier molecular flexibility index (Phi) is 16.4. The first kappa shape index (κ1) is 47.3. The molecule has 0 radical (unpaired) electrons. The number of benzene rings is 3. The molecule has 14 nitrogen and oxygen atoms in total. The Hall–Kier alpha value is -5.67. The first-order valence-corrected chi connectivity index (χ1v) is 23.1. The van der Waals surface area contributed by atoms with E-state index >= 15 is 0 Å². The number of nitro groups is 1. The number of aldehydes is 1. The molecular weight excluding hydrogens is 831 g/mol. The molecule has 0 bridgehead atoms. The fourth-order valence-electron chi connectivity index (χ4n) is 10.0. The smallest absolute Gasteiger partial charge is 0.269 e. The number of fused-ring (bicyclic) bond motifs is 2. The molecule has 346 valence electrons. The lowest BCUT2D eigenvalue weighted by atomic mass is 9.55. The quantitative estimate of drug-likeness (QED) is 0.0245. The summed E-state index contributed by atoms with van der Waals surface area (Å²) in [6, 6.07) is 18.0. The number of aliphatic hydroxyl groups excluding tert-OH is 2. The maximum Gasteiger partial charge on any atom is 0.269 e. The molecular formula is C51H61N3O11. The van der Waals surface area contributed by atoms with E-state index in [2.05, 4.69) is 12.7 Å². The SMILES string of the molecule is C=CCO[C@@]12Oc3ccc(Oc4cccc(C=O)c4)cc3[C@H]3[C@H](CCCCO)[C@@H](CCCCO)C=C(C(=NOC4CCCCO4)C[C@@H]1N(CCC)C(=O)C=Cc1ccc([N+](=O)[O-])cc1)[C@H]32. The Morgan fingerprint density at radius 2 is 1.80 bits per heavy atom. The summed E-state index contributed by atoms with van der Waals surface area (Å²) in [7, 11) is 0. The molecule has 14 heteroatoms. The van der Waals surface area contributed by atoms with Crippen LogP contribution in [0.2, 0.25) is 0 Å². The predicted molar refractivity (Wildman–Crippen MR) is 246 cm³/mol. The zero-order valence-electron chi connectivity index (χ0n) is 37.1. The molecule has 3 aromatic carbocycles. The fraction of sp³-hybridized carbons (Fsp3) is 0.471. The number of hydrogen-bond acceptors (Lipinski definition) is 12. The number of non-ortho nitro benzene ring substituents is 1. The van der Waals surface area contributed by atoms with E-state index in [4.69, 9.17) is 28.9 Å². The van der Waals surface area contributed by atoms with Crippen LogP contribution in [0.4, 0.5) is 5.69 Å². The molecule has 1 unspecified atom stereocenters. The molecule has 1 saturated heterocycles. The topological polar surface area (TPSA) is 179 Å². The van der Waals surface area contributed by atoms with Gasteiger partial charge in [-0.15, -0.1) is 6.58 Å². The number of ether oxygens (including phenoxy) is 4. The summed E-state index contributed by atoms with van der Waals surface area (Å²) in [6.45, 7) is 7.19. The average Bonchev–Trinajstić information content (AvgIpc) is 3.33. The van der Waals surface area contributed by atoms with Crippen molar-refractivity contribution in [2.75, 3.05) is 33.0 Å². The average molecular weight is 892 g/mol. The maximum absolute atomic E-state index is 14.8. The summed E-state index contributed by atoms with van der Waals surface area (Å²) >= 11 is 0. The summed E-state index contributed by atoms with van der Waals surface area (Å²) in [5.74, 6) is -0.915. The van der Waals surface area contributed by atoms with E-state index in [-0.39, 0.29) is 55.6 Å².